The number of benzene rings is 1. The number of nitrogens with one attached hydrogen (secondary N) is 2. The summed E-state index contributed by atoms with van der Waals surface area (Å²) >= 11 is 0. The normalized spacial score (nSPS) is 15.3. The predicted octanol–water partition coefficient (Wildman–Crippen LogP) is 0.821. The number of imide groups is 2. The van der Waals surface area contributed by atoms with Gasteiger partial charge in [0.1, 0.15) is 12.6 Å². The minimum Gasteiger partial charge on any atom is -0.481 e. The second-order valence-electron chi connectivity index (χ2n) is 12.3. The molecule has 0 radical (unpaired) electrons. The van der Waals surface area contributed by atoms with Crippen LogP contribution in [0.15, 0.2) is 18.2 Å². The number of carboxylic acids is 1. The Morgan fingerprint density at radius 2 is 1.14 bits per heavy atom. The summed E-state index contributed by atoms with van der Waals surface area (Å²) < 4.78 is 48.7. The van der Waals surface area contributed by atoms with Gasteiger partial charge in [0.05, 0.1) is 117 Å². The van der Waals surface area contributed by atoms with Crippen LogP contribution in [0.25, 0.3) is 0 Å². The number of carboxylic acid groups (broad SMARTS) is 1. The van der Waals surface area contributed by atoms with Gasteiger partial charge in [-0.25, -0.2) is 0 Å². The molecule has 0 aliphatic carbocycles. The molecular formula is C37H55N3O16. The van der Waals surface area contributed by atoms with Crippen molar-refractivity contribution < 1.29 is 76.5 Å². The zero-order valence-corrected chi connectivity index (χ0v) is 31.8. The number of rotatable bonds is 34. The van der Waals surface area contributed by atoms with Crippen LogP contribution in [0.2, 0.25) is 0 Å². The molecule has 3 N–H and O–H groups in total. The molecule has 19 nitrogen and oxygen atoms in total. The Hall–Kier alpha value is -4.08. The van der Waals surface area contributed by atoms with Crippen molar-refractivity contribution in [2.75, 3.05) is 124 Å². The fourth-order valence-corrected chi connectivity index (χ4v) is 5.39. The lowest BCUT2D eigenvalue weighted by atomic mass is 10.0. The number of ether oxygens (including phenoxy) is 9. The second kappa shape index (κ2) is 28.3. The monoisotopic (exact) mass is 797 g/mol. The molecule has 0 aromatic heterocycles. The topological polar surface area (TPSA) is 233 Å². The third-order valence-corrected chi connectivity index (χ3v) is 8.15. The quantitative estimate of drug-likeness (QED) is 0.0498. The largest absolute Gasteiger partial charge is 0.481 e. The van der Waals surface area contributed by atoms with Gasteiger partial charge in [-0.1, -0.05) is 6.07 Å². The molecule has 2 aliphatic rings. The molecule has 1 fully saturated rings. The number of carbonyl (C=O) groups excluding carboxylic acids is 5. The van der Waals surface area contributed by atoms with Gasteiger partial charge >= 0.3 is 11.9 Å². The number of aliphatic carboxylic acids is 1. The molecule has 1 atom stereocenters. The van der Waals surface area contributed by atoms with E-state index in [2.05, 4.69) is 10.6 Å². The van der Waals surface area contributed by atoms with Gasteiger partial charge in [0.15, 0.2) is 0 Å². The van der Waals surface area contributed by atoms with Gasteiger partial charge in [0.25, 0.3) is 11.8 Å². The molecule has 19 heteroatoms. The number of hydrogen-bond acceptors (Lipinski definition) is 16. The molecule has 1 unspecified atom stereocenters. The highest BCUT2D eigenvalue weighted by Crippen LogP contribution is 2.32. The molecule has 0 saturated carbocycles. The standard InChI is InChI=1S/C37H55N3O16/c41-31-9-8-30(35(45)39-31)40-36(46)28-4-3-5-29(34(28)37(40)47)38-10-11-48-12-13-49-14-15-50-16-17-51-18-19-52-20-21-53-22-23-54-24-25-55-26-27-56-33(44)7-2-1-6-32(42)43/h3-5,30,38H,1-2,6-27H2,(H,42,43)(H,39,41,45). The predicted molar refractivity (Wildman–Crippen MR) is 195 cm³/mol. The van der Waals surface area contributed by atoms with Crippen LogP contribution in [0.5, 0.6) is 0 Å². The van der Waals surface area contributed by atoms with Crippen LogP contribution in [0.1, 0.15) is 59.2 Å². The van der Waals surface area contributed by atoms with Crippen LogP contribution in [-0.2, 0) is 61.8 Å². The summed E-state index contributed by atoms with van der Waals surface area (Å²) in [7, 11) is 0. The number of unbranched alkanes of at least 4 members (excludes halogenated alkanes) is 1. The summed E-state index contributed by atoms with van der Waals surface area (Å²) in [5.74, 6) is -3.43. The van der Waals surface area contributed by atoms with Gasteiger partial charge in [-0.2, -0.15) is 0 Å². The van der Waals surface area contributed by atoms with Crippen LogP contribution in [0.3, 0.4) is 0 Å². The third-order valence-electron chi connectivity index (χ3n) is 8.15. The summed E-state index contributed by atoms with van der Waals surface area (Å²) in [5.41, 5.74) is 0.880. The van der Waals surface area contributed by atoms with Gasteiger partial charge in [-0.15, -0.1) is 0 Å². The Balaban J connectivity index is 1.02. The number of anilines is 1. The van der Waals surface area contributed by atoms with Gasteiger partial charge in [-0.05, 0) is 31.4 Å². The minimum atomic E-state index is -1.02. The summed E-state index contributed by atoms with van der Waals surface area (Å²) in [6, 6.07) is 3.87. The van der Waals surface area contributed by atoms with E-state index < -0.39 is 35.6 Å². The van der Waals surface area contributed by atoms with Crippen molar-refractivity contribution in [3.05, 3.63) is 29.3 Å². The third kappa shape index (κ3) is 18.2. The fourth-order valence-electron chi connectivity index (χ4n) is 5.39. The number of carbonyl (C=O) groups is 6. The Bertz CT molecular complexity index is 1380. The fraction of sp³-hybridized carbons (Fsp3) is 0.676. The number of amides is 4. The van der Waals surface area contributed by atoms with Crippen LogP contribution >= 0.6 is 0 Å². The van der Waals surface area contributed by atoms with Crippen molar-refractivity contribution in [3.63, 3.8) is 0 Å². The van der Waals surface area contributed by atoms with E-state index in [1.165, 1.54) is 0 Å². The van der Waals surface area contributed by atoms with Crippen LogP contribution in [0, 0.1) is 0 Å². The lowest BCUT2D eigenvalue weighted by Gasteiger charge is -2.27. The van der Waals surface area contributed by atoms with Crippen molar-refractivity contribution in [2.45, 2.75) is 44.6 Å². The smallest absolute Gasteiger partial charge is 0.305 e. The Morgan fingerprint density at radius 3 is 1.64 bits per heavy atom. The highest BCUT2D eigenvalue weighted by molar-refractivity contribution is 6.25. The molecule has 2 heterocycles. The van der Waals surface area contributed by atoms with Gasteiger partial charge in [-0.3, -0.25) is 39.0 Å². The molecule has 4 amide bonds. The molecular weight excluding hydrogens is 742 g/mol. The minimum absolute atomic E-state index is 0.0474. The molecule has 1 saturated heterocycles. The maximum absolute atomic E-state index is 13.1. The van der Waals surface area contributed by atoms with E-state index in [9.17, 15) is 28.8 Å². The van der Waals surface area contributed by atoms with E-state index in [0.717, 1.165) is 4.90 Å². The molecule has 1 aromatic rings. The van der Waals surface area contributed by atoms with Crippen molar-refractivity contribution in [1.29, 1.82) is 0 Å². The average Bonchev–Trinajstić information content (AvgIpc) is 3.43. The van der Waals surface area contributed by atoms with Crippen molar-refractivity contribution >= 4 is 41.3 Å². The van der Waals surface area contributed by atoms with E-state index in [0.29, 0.717) is 124 Å². The molecule has 0 bridgehead atoms. The molecule has 3 rings (SSSR count). The van der Waals surface area contributed by atoms with E-state index in [-0.39, 0.29) is 56.0 Å². The first-order valence-corrected chi connectivity index (χ1v) is 18.9. The molecule has 1 aromatic carbocycles. The first-order valence-electron chi connectivity index (χ1n) is 18.9. The van der Waals surface area contributed by atoms with Gasteiger partial charge in [0.2, 0.25) is 11.8 Å². The Morgan fingerprint density at radius 1 is 0.661 bits per heavy atom. The lowest BCUT2D eigenvalue weighted by molar-refractivity contribution is -0.146. The van der Waals surface area contributed by atoms with E-state index in [1.54, 1.807) is 18.2 Å². The molecule has 56 heavy (non-hydrogen) atoms. The van der Waals surface area contributed by atoms with E-state index in [1.807, 2.05) is 0 Å². The maximum Gasteiger partial charge on any atom is 0.305 e. The second-order valence-corrected chi connectivity index (χ2v) is 12.3. The number of nitrogens with zero attached hydrogens (tertiary/aromatic N) is 1. The van der Waals surface area contributed by atoms with E-state index >= 15 is 0 Å². The summed E-state index contributed by atoms with van der Waals surface area (Å²) in [5, 5.41) is 13.9. The van der Waals surface area contributed by atoms with Crippen molar-refractivity contribution in [3.8, 4) is 0 Å². The molecule has 0 spiro atoms. The highest BCUT2D eigenvalue weighted by atomic mass is 16.6. The summed E-state index contributed by atoms with van der Waals surface area (Å²) in [6.45, 7) is 6.85. The first kappa shape index (κ1) is 46.3. The number of hydrogen-bond donors (Lipinski definition) is 3. The van der Waals surface area contributed by atoms with Crippen LogP contribution in [0.4, 0.5) is 5.69 Å². The number of esters is 1. The zero-order chi connectivity index (χ0) is 40.2. The number of piperidine rings is 1. The molecule has 2 aliphatic heterocycles. The van der Waals surface area contributed by atoms with Gasteiger partial charge < -0.3 is 53.1 Å². The summed E-state index contributed by atoms with van der Waals surface area (Å²) in [4.78, 5) is 72.8. The van der Waals surface area contributed by atoms with Crippen LogP contribution in [-0.4, -0.2) is 170 Å². The highest BCUT2D eigenvalue weighted by Gasteiger charge is 2.45. The lowest BCUT2D eigenvalue weighted by Crippen LogP contribution is -2.54. The first-order chi connectivity index (χ1) is 27.3. The Labute approximate surface area is 325 Å². The van der Waals surface area contributed by atoms with E-state index in [4.69, 9.17) is 47.7 Å². The van der Waals surface area contributed by atoms with Crippen molar-refractivity contribution in [1.82, 2.24) is 10.2 Å². The van der Waals surface area contributed by atoms with Crippen molar-refractivity contribution in [2.24, 2.45) is 0 Å². The summed E-state index contributed by atoms with van der Waals surface area (Å²) in [6.07, 6.45) is 1.34. The zero-order valence-electron chi connectivity index (χ0n) is 31.8. The van der Waals surface area contributed by atoms with Gasteiger partial charge in [0, 0.05) is 31.5 Å². The van der Waals surface area contributed by atoms with Crippen LogP contribution < -0.4 is 10.6 Å². The Kier molecular flexibility index (Phi) is 23.4. The SMILES string of the molecule is O=C(O)CCCCC(=O)OCCOCCOCCOCCOCCOCCOCCOCCOCCNc1cccc2c1C(=O)N(C1CCC(=O)NC1=O)C2=O. The molecule has 314 valence electrons. The maximum atomic E-state index is 13.1. The number of fused-ring (bicyclic) bond motifs is 1. The average molecular weight is 798 g/mol.